The largest absolute Gasteiger partial charge is 0.466 e. The van der Waals surface area contributed by atoms with Gasteiger partial charge in [0.1, 0.15) is 17.3 Å². The first-order valence-electron chi connectivity index (χ1n) is 8.56. The number of carbonyl (C=O) groups excluding carboxylic acids is 1. The van der Waals surface area contributed by atoms with Crippen molar-refractivity contribution in [2.75, 3.05) is 37.4 Å². The topological polar surface area (TPSA) is 74.5 Å². The number of carbonyl (C=O) groups is 1. The molecule has 0 bridgehead atoms. The number of anilines is 2. The van der Waals surface area contributed by atoms with Gasteiger partial charge in [-0.15, -0.1) is 0 Å². The summed E-state index contributed by atoms with van der Waals surface area (Å²) in [6, 6.07) is 3.98. The molecular formula is C18H25N5O2. The standard InChI is InChI=1S/C18H25N5O2/c1-12-5-6-14(25-12)7-9-19-17-15-8-10-23(13(2)24)11-16(15)20-18(21-17)22(3)4/h5-6H,7-11H2,1-4H3,(H,19,20,21). The first kappa shape index (κ1) is 17.3. The van der Waals surface area contributed by atoms with Crippen LogP contribution in [0.3, 0.4) is 0 Å². The summed E-state index contributed by atoms with van der Waals surface area (Å²) in [6.07, 6.45) is 1.56. The average Bonchev–Trinajstić information content (AvgIpc) is 2.99. The highest BCUT2D eigenvalue weighted by atomic mass is 16.3. The van der Waals surface area contributed by atoms with Crippen LogP contribution >= 0.6 is 0 Å². The van der Waals surface area contributed by atoms with Crippen LogP contribution in [0.5, 0.6) is 0 Å². The Labute approximate surface area is 148 Å². The lowest BCUT2D eigenvalue weighted by molar-refractivity contribution is -0.129. The van der Waals surface area contributed by atoms with E-state index in [1.807, 2.05) is 43.0 Å². The fourth-order valence-electron chi connectivity index (χ4n) is 2.96. The van der Waals surface area contributed by atoms with E-state index in [-0.39, 0.29) is 5.91 Å². The molecule has 7 nitrogen and oxygen atoms in total. The van der Waals surface area contributed by atoms with Crippen molar-refractivity contribution in [3.8, 4) is 0 Å². The molecule has 1 aliphatic heterocycles. The van der Waals surface area contributed by atoms with Crippen molar-refractivity contribution in [2.24, 2.45) is 0 Å². The van der Waals surface area contributed by atoms with Gasteiger partial charge in [-0.1, -0.05) is 0 Å². The van der Waals surface area contributed by atoms with Crippen molar-refractivity contribution in [3.05, 3.63) is 34.9 Å². The highest BCUT2D eigenvalue weighted by Crippen LogP contribution is 2.26. The predicted molar refractivity (Wildman–Crippen MR) is 96.8 cm³/mol. The van der Waals surface area contributed by atoms with Gasteiger partial charge in [-0.3, -0.25) is 4.79 Å². The van der Waals surface area contributed by atoms with Gasteiger partial charge < -0.3 is 19.5 Å². The maximum Gasteiger partial charge on any atom is 0.227 e. The van der Waals surface area contributed by atoms with Crippen LogP contribution in [0.15, 0.2) is 16.5 Å². The van der Waals surface area contributed by atoms with Gasteiger partial charge in [0.2, 0.25) is 11.9 Å². The number of nitrogens with zero attached hydrogens (tertiary/aromatic N) is 4. The Bertz CT molecular complexity index is 769. The number of aromatic nitrogens is 2. The highest BCUT2D eigenvalue weighted by molar-refractivity contribution is 5.73. The molecular weight excluding hydrogens is 318 g/mol. The van der Waals surface area contributed by atoms with Gasteiger partial charge in [-0.05, 0) is 25.5 Å². The molecule has 25 heavy (non-hydrogen) atoms. The first-order chi connectivity index (χ1) is 11.9. The monoisotopic (exact) mass is 343 g/mol. The van der Waals surface area contributed by atoms with Gasteiger partial charge in [-0.2, -0.15) is 4.98 Å². The number of nitrogens with one attached hydrogen (secondary N) is 1. The summed E-state index contributed by atoms with van der Waals surface area (Å²) in [4.78, 5) is 24.7. The Morgan fingerprint density at radius 3 is 2.80 bits per heavy atom. The summed E-state index contributed by atoms with van der Waals surface area (Å²) in [5, 5.41) is 3.43. The number of fused-ring (bicyclic) bond motifs is 1. The second-order valence-electron chi connectivity index (χ2n) is 6.57. The summed E-state index contributed by atoms with van der Waals surface area (Å²) >= 11 is 0. The number of rotatable bonds is 5. The third-order valence-electron chi connectivity index (χ3n) is 4.36. The highest BCUT2D eigenvalue weighted by Gasteiger charge is 2.24. The summed E-state index contributed by atoms with van der Waals surface area (Å²) in [5.74, 6) is 3.48. The van der Waals surface area contributed by atoms with E-state index < -0.39 is 0 Å². The average molecular weight is 343 g/mol. The zero-order valence-electron chi connectivity index (χ0n) is 15.3. The lowest BCUT2D eigenvalue weighted by atomic mass is 10.1. The minimum absolute atomic E-state index is 0.0818. The molecule has 3 heterocycles. The van der Waals surface area contributed by atoms with E-state index in [9.17, 15) is 4.79 Å². The number of aryl methyl sites for hydroxylation is 1. The molecule has 0 atom stereocenters. The van der Waals surface area contributed by atoms with Gasteiger partial charge >= 0.3 is 0 Å². The molecule has 0 fully saturated rings. The van der Waals surface area contributed by atoms with Crippen LogP contribution in [0, 0.1) is 6.92 Å². The lowest BCUT2D eigenvalue weighted by Gasteiger charge is -2.29. The van der Waals surface area contributed by atoms with E-state index in [0.717, 1.165) is 48.0 Å². The Hall–Kier alpha value is -2.57. The molecule has 1 N–H and O–H groups in total. The van der Waals surface area contributed by atoms with Crippen LogP contribution in [-0.2, 0) is 24.2 Å². The zero-order chi connectivity index (χ0) is 18.0. The van der Waals surface area contributed by atoms with Crippen molar-refractivity contribution in [3.63, 3.8) is 0 Å². The molecule has 7 heteroatoms. The molecule has 0 aliphatic carbocycles. The third-order valence-corrected chi connectivity index (χ3v) is 4.36. The number of furan rings is 1. The number of amides is 1. The summed E-state index contributed by atoms with van der Waals surface area (Å²) in [5.41, 5.74) is 2.04. The summed E-state index contributed by atoms with van der Waals surface area (Å²) in [7, 11) is 3.84. The second kappa shape index (κ2) is 7.13. The van der Waals surface area contributed by atoms with Gasteiger partial charge in [-0.25, -0.2) is 4.98 Å². The summed E-state index contributed by atoms with van der Waals surface area (Å²) < 4.78 is 5.61. The van der Waals surface area contributed by atoms with Gasteiger partial charge in [0.25, 0.3) is 0 Å². The lowest BCUT2D eigenvalue weighted by Crippen LogP contribution is -2.36. The predicted octanol–water partition coefficient (Wildman–Crippen LogP) is 2.00. The molecule has 0 radical (unpaired) electrons. The van der Waals surface area contributed by atoms with Gasteiger partial charge in [0.05, 0.1) is 12.2 Å². The number of hydrogen-bond donors (Lipinski definition) is 1. The van der Waals surface area contributed by atoms with E-state index in [2.05, 4.69) is 15.3 Å². The van der Waals surface area contributed by atoms with E-state index in [1.165, 1.54) is 0 Å². The van der Waals surface area contributed by atoms with Crippen molar-refractivity contribution >= 4 is 17.7 Å². The van der Waals surface area contributed by atoms with Crippen molar-refractivity contribution in [1.82, 2.24) is 14.9 Å². The molecule has 3 rings (SSSR count). The van der Waals surface area contributed by atoms with Crippen LogP contribution in [0.25, 0.3) is 0 Å². The maximum absolute atomic E-state index is 11.7. The van der Waals surface area contributed by atoms with Crippen LogP contribution in [0.1, 0.15) is 29.7 Å². The van der Waals surface area contributed by atoms with E-state index in [1.54, 1.807) is 6.92 Å². The van der Waals surface area contributed by atoms with E-state index in [4.69, 9.17) is 4.42 Å². The van der Waals surface area contributed by atoms with Crippen LogP contribution in [-0.4, -0.2) is 48.0 Å². The van der Waals surface area contributed by atoms with Crippen molar-refractivity contribution < 1.29 is 9.21 Å². The van der Waals surface area contributed by atoms with E-state index >= 15 is 0 Å². The van der Waals surface area contributed by atoms with Gasteiger partial charge in [0.15, 0.2) is 0 Å². The quantitative estimate of drug-likeness (QED) is 0.895. The Morgan fingerprint density at radius 1 is 1.36 bits per heavy atom. The van der Waals surface area contributed by atoms with Crippen LogP contribution in [0.2, 0.25) is 0 Å². The molecule has 2 aromatic rings. The third kappa shape index (κ3) is 3.92. The molecule has 0 aromatic carbocycles. The fraction of sp³-hybridized carbons (Fsp3) is 0.500. The molecule has 0 spiro atoms. The Balaban J connectivity index is 1.79. The fourth-order valence-corrected chi connectivity index (χ4v) is 2.96. The van der Waals surface area contributed by atoms with Crippen LogP contribution in [0.4, 0.5) is 11.8 Å². The number of hydrogen-bond acceptors (Lipinski definition) is 6. The SMILES string of the molecule is CC(=O)N1CCc2c(nc(N(C)C)nc2NCCc2ccc(C)o2)C1. The van der Waals surface area contributed by atoms with Crippen LogP contribution < -0.4 is 10.2 Å². The van der Waals surface area contributed by atoms with Crippen molar-refractivity contribution in [2.45, 2.75) is 33.2 Å². The molecule has 134 valence electrons. The first-order valence-corrected chi connectivity index (χ1v) is 8.56. The second-order valence-corrected chi connectivity index (χ2v) is 6.57. The van der Waals surface area contributed by atoms with Crippen molar-refractivity contribution in [1.29, 1.82) is 0 Å². The Morgan fingerprint density at radius 2 is 2.16 bits per heavy atom. The molecule has 2 aromatic heterocycles. The maximum atomic E-state index is 11.7. The van der Waals surface area contributed by atoms with Gasteiger partial charge in [0, 0.05) is 46.1 Å². The molecule has 0 unspecified atom stereocenters. The zero-order valence-corrected chi connectivity index (χ0v) is 15.3. The minimum Gasteiger partial charge on any atom is -0.466 e. The summed E-state index contributed by atoms with van der Waals surface area (Å²) in [6.45, 7) is 5.53. The Kier molecular flexibility index (Phi) is 4.92. The molecule has 1 amide bonds. The van der Waals surface area contributed by atoms with E-state index in [0.29, 0.717) is 19.0 Å². The smallest absolute Gasteiger partial charge is 0.227 e. The molecule has 0 saturated heterocycles. The molecule has 0 saturated carbocycles. The molecule has 1 aliphatic rings. The normalized spacial score (nSPS) is 13.5. The minimum atomic E-state index is 0.0818.